The van der Waals surface area contributed by atoms with Crippen LogP contribution in [0.4, 0.5) is 17.3 Å². The minimum Gasteiger partial charge on any atom is -0.493 e. The second-order valence-corrected chi connectivity index (χ2v) is 9.74. The van der Waals surface area contributed by atoms with Crippen molar-refractivity contribution in [2.75, 3.05) is 5.32 Å². The van der Waals surface area contributed by atoms with Gasteiger partial charge in [-0.05, 0) is 56.7 Å². The van der Waals surface area contributed by atoms with E-state index in [9.17, 15) is 15.2 Å². The summed E-state index contributed by atoms with van der Waals surface area (Å²) in [6.45, 7) is 5.91. The molecule has 0 aliphatic carbocycles. The van der Waals surface area contributed by atoms with E-state index in [-0.39, 0.29) is 22.6 Å². The molecule has 0 unspecified atom stereocenters. The van der Waals surface area contributed by atoms with Gasteiger partial charge in [-0.25, -0.2) is 4.98 Å². The van der Waals surface area contributed by atoms with E-state index in [0.717, 1.165) is 11.3 Å². The van der Waals surface area contributed by atoms with Crippen LogP contribution in [0, 0.1) is 10.1 Å². The molecular formula is C26H22Cl2N4O4. The standard InChI is InChI=1S/C26H22Cl2N4O4/c1-26(2,3)36-19-9-5-15(6-10-19)4-7-16-12-18(32(34)35)14-20-23(16)30-25(31-24(20)33)29-17-8-11-21(27)22(28)13-17/h4-14H,1-3H3,(H2,29,30,31,33)/b7-4+. The van der Waals surface area contributed by atoms with E-state index in [4.69, 9.17) is 27.9 Å². The molecule has 0 saturated carbocycles. The summed E-state index contributed by atoms with van der Waals surface area (Å²) in [4.78, 5) is 19.5. The number of nitro benzene ring substituents is 1. The number of rotatable bonds is 6. The first-order chi connectivity index (χ1) is 17.0. The minimum atomic E-state index is -0.531. The molecule has 4 aromatic rings. The van der Waals surface area contributed by atoms with Crippen molar-refractivity contribution in [3.8, 4) is 11.6 Å². The summed E-state index contributed by atoms with van der Waals surface area (Å²) in [6, 6.07) is 15.0. The van der Waals surface area contributed by atoms with Gasteiger partial charge in [-0.3, -0.25) is 10.1 Å². The number of aromatic hydroxyl groups is 1. The quantitative estimate of drug-likeness (QED) is 0.151. The molecule has 3 aromatic carbocycles. The van der Waals surface area contributed by atoms with E-state index in [1.165, 1.54) is 12.1 Å². The predicted octanol–water partition coefficient (Wildman–Crippen LogP) is 7.64. The monoisotopic (exact) mass is 524 g/mol. The lowest BCUT2D eigenvalue weighted by Crippen LogP contribution is -2.22. The Balaban J connectivity index is 1.73. The number of non-ortho nitro benzene ring substituents is 1. The van der Waals surface area contributed by atoms with Crippen LogP contribution in [0.25, 0.3) is 23.1 Å². The fourth-order valence-corrected chi connectivity index (χ4v) is 3.70. The molecule has 0 amide bonds. The summed E-state index contributed by atoms with van der Waals surface area (Å²) in [5.74, 6) is 0.422. The Kier molecular flexibility index (Phi) is 7.01. The minimum absolute atomic E-state index is 0.0885. The summed E-state index contributed by atoms with van der Waals surface area (Å²) in [5, 5.41) is 25.9. The molecule has 0 radical (unpaired) electrons. The molecule has 0 spiro atoms. The number of anilines is 2. The van der Waals surface area contributed by atoms with Crippen LogP contribution in [0.2, 0.25) is 10.0 Å². The van der Waals surface area contributed by atoms with Crippen molar-refractivity contribution in [2.24, 2.45) is 0 Å². The molecule has 1 aromatic heterocycles. The third kappa shape index (κ3) is 6.02. The molecule has 36 heavy (non-hydrogen) atoms. The summed E-state index contributed by atoms with van der Waals surface area (Å²) in [5.41, 5.74) is 1.66. The molecule has 10 heteroatoms. The van der Waals surface area contributed by atoms with Gasteiger partial charge in [0.25, 0.3) is 5.69 Å². The number of fused-ring (bicyclic) bond motifs is 1. The number of hydrogen-bond acceptors (Lipinski definition) is 7. The van der Waals surface area contributed by atoms with E-state index >= 15 is 0 Å². The summed E-state index contributed by atoms with van der Waals surface area (Å²) in [7, 11) is 0. The molecule has 0 aliphatic rings. The summed E-state index contributed by atoms with van der Waals surface area (Å²) >= 11 is 12.0. The Morgan fingerprint density at radius 3 is 2.36 bits per heavy atom. The first kappa shape index (κ1) is 25.2. The zero-order valence-corrected chi connectivity index (χ0v) is 21.1. The van der Waals surface area contributed by atoms with Crippen molar-refractivity contribution in [1.29, 1.82) is 0 Å². The lowest BCUT2D eigenvalue weighted by atomic mass is 10.1. The van der Waals surface area contributed by atoms with Gasteiger partial charge in [-0.1, -0.05) is 47.5 Å². The van der Waals surface area contributed by atoms with Crippen LogP contribution >= 0.6 is 23.2 Å². The van der Waals surface area contributed by atoms with Crippen molar-refractivity contribution in [3.63, 3.8) is 0 Å². The van der Waals surface area contributed by atoms with Gasteiger partial charge >= 0.3 is 0 Å². The van der Waals surface area contributed by atoms with Crippen LogP contribution in [0.1, 0.15) is 31.9 Å². The number of halogens is 2. The molecule has 4 rings (SSSR count). The van der Waals surface area contributed by atoms with Gasteiger partial charge in [-0.15, -0.1) is 0 Å². The molecule has 0 fully saturated rings. The predicted molar refractivity (Wildman–Crippen MR) is 143 cm³/mol. The molecule has 184 valence electrons. The van der Waals surface area contributed by atoms with Gasteiger partial charge in [0.15, 0.2) is 0 Å². The Hall–Kier alpha value is -3.88. The highest BCUT2D eigenvalue weighted by molar-refractivity contribution is 6.42. The van der Waals surface area contributed by atoms with Gasteiger partial charge in [0.1, 0.15) is 11.4 Å². The molecule has 8 nitrogen and oxygen atoms in total. The second-order valence-electron chi connectivity index (χ2n) is 8.93. The van der Waals surface area contributed by atoms with Crippen LogP contribution in [-0.4, -0.2) is 25.6 Å². The average molecular weight is 525 g/mol. The fraction of sp³-hybridized carbons (Fsp3) is 0.154. The third-order valence-corrected chi connectivity index (χ3v) is 5.68. The van der Waals surface area contributed by atoms with Crippen LogP contribution in [0.3, 0.4) is 0 Å². The number of benzene rings is 3. The highest BCUT2D eigenvalue weighted by atomic mass is 35.5. The van der Waals surface area contributed by atoms with Crippen molar-refractivity contribution in [3.05, 3.63) is 85.9 Å². The van der Waals surface area contributed by atoms with Gasteiger partial charge in [0.05, 0.1) is 25.9 Å². The van der Waals surface area contributed by atoms with Crippen LogP contribution in [-0.2, 0) is 0 Å². The van der Waals surface area contributed by atoms with Crippen LogP contribution < -0.4 is 10.1 Å². The van der Waals surface area contributed by atoms with Crippen LogP contribution in [0.5, 0.6) is 11.6 Å². The third-order valence-electron chi connectivity index (χ3n) is 4.94. The largest absolute Gasteiger partial charge is 0.493 e. The average Bonchev–Trinajstić information content (AvgIpc) is 2.80. The Labute approximate surface area is 217 Å². The summed E-state index contributed by atoms with van der Waals surface area (Å²) in [6.07, 6.45) is 3.49. The number of hydrogen-bond donors (Lipinski definition) is 2. The van der Waals surface area contributed by atoms with E-state index in [0.29, 0.717) is 26.8 Å². The van der Waals surface area contributed by atoms with Crippen LogP contribution in [0.15, 0.2) is 54.6 Å². The Bertz CT molecular complexity index is 1480. The molecular weight excluding hydrogens is 503 g/mol. The smallest absolute Gasteiger partial charge is 0.270 e. The number of nitrogens with one attached hydrogen (secondary N) is 1. The number of nitrogens with zero attached hydrogens (tertiary/aromatic N) is 3. The maximum absolute atomic E-state index is 11.5. The maximum atomic E-state index is 11.5. The van der Waals surface area contributed by atoms with Crippen molar-refractivity contribution >= 4 is 63.6 Å². The van der Waals surface area contributed by atoms with Crippen molar-refractivity contribution in [1.82, 2.24) is 9.97 Å². The Morgan fingerprint density at radius 2 is 1.72 bits per heavy atom. The van der Waals surface area contributed by atoms with Gasteiger partial charge in [-0.2, -0.15) is 4.98 Å². The number of nitro groups is 1. The second kappa shape index (κ2) is 10.0. The zero-order valence-electron chi connectivity index (χ0n) is 19.6. The molecule has 0 saturated heterocycles. The maximum Gasteiger partial charge on any atom is 0.270 e. The SMILES string of the molecule is CC(C)(C)Oc1ccc(/C=C/c2cc([N+](=O)[O-])cc3c(O)nc(Nc4ccc(Cl)c(Cl)c4)nc23)cc1. The van der Waals surface area contributed by atoms with Crippen molar-refractivity contribution in [2.45, 2.75) is 26.4 Å². The highest BCUT2D eigenvalue weighted by Crippen LogP contribution is 2.33. The first-order valence-corrected chi connectivity index (χ1v) is 11.6. The number of aromatic nitrogens is 2. The molecule has 0 bridgehead atoms. The first-order valence-electron chi connectivity index (χ1n) is 10.9. The molecule has 0 aliphatic heterocycles. The van der Waals surface area contributed by atoms with E-state index in [2.05, 4.69) is 15.3 Å². The number of ether oxygens (including phenoxy) is 1. The normalized spacial score (nSPS) is 11.7. The van der Waals surface area contributed by atoms with E-state index in [1.807, 2.05) is 45.0 Å². The lowest BCUT2D eigenvalue weighted by molar-refractivity contribution is -0.384. The van der Waals surface area contributed by atoms with Gasteiger partial charge < -0.3 is 15.2 Å². The molecule has 0 atom stereocenters. The molecule has 2 N–H and O–H groups in total. The van der Waals surface area contributed by atoms with Crippen molar-refractivity contribution < 1.29 is 14.8 Å². The van der Waals surface area contributed by atoms with E-state index in [1.54, 1.807) is 30.4 Å². The molecule has 1 heterocycles. The summed E-state index contributed by atoms with van der Waals surface area (Å²) < 4.78 is 5.84. The van der Waals surface area contributed by atoms with Gasteiger partial charge in [0, 0.05) is 23.4 Å². The zero-order chi connectivity index (χ0) is 26.0. The Morgan fingerprint density at radius 1 is 1.00 bits per heavy atom. The van der Waals surface area contributed by atoms with Gasteiger partial charge in [0.2, 0.25) is 11.8 Å². The van der Waals surface area contributed by atoms with E-state index < -0.39 is 10.8 Å². The highest BCUT2D eigenvalue weighted by Gasteiger charge is 2.17. The fourth-order valence-electron chi connectivity index (χ4n) is 3.41. The topological polar surface area (TPSA) is 110 Å². The lowest BCUT2D eigenvalue weighted by Gasteiger charge is -2.21.